The fraction of sp³-hybridized carbons (Fsp3) is 0.238. The van der Waals surface area contributed by atoms with Crippen LogP contribution >= 0.6 is 0 Å². The summed E-state index contributed by atoms with van der Waals surface area (Å²) >= 11 is 0. The lowest BCUT2D eigenvalue weighted by Gasteiger charge is -2.12. The Balaban J connectivity index is 1.75. The highest BCUT2D eigenvalue weighted by atomic mass is 16.6. The van der Waals surface area contributed by atoms with Crippen LogP contribution in [0.15, 0.2) is 53.2 Å². The van der Waals surface area contributed by atoms with Gasteiger partial charge in [0.15, 0.2) is 17.2 Å². The average molecular weight is 383 g/mol. The van der Waals surface area contributed by atoms with E-state index < -0.39 is 5.97 Å². The largest absolute Gasteiger partial charge is 0.496 e. The molecule has 0 spiro atoms. The van der Waals surface area contributed by atoms with E-state index in [-0.39, 0.29) is 5.70 Å². The fourth-order valence-electron chi connectivity index (χ4n) is 2.65. The van der Waals surface area contributed by atoms with Crippen molar-refractivity contribution in [3.63, 3.8) is 0 Å². The number of carbonyl (C=O) groups excluding carboxylic acids is 1. The Hall–Kier alpha value is -3.48. The van der Waals surface area contributed by atoms with E-state index in [0.29, 0.717) is 41.7 Å². The van der Waals surface area contributed by atoms with Crippen molar-refractivity contribution in [1.82, 2.24) is 0 Å². The number of ether oxygens (including phenoxy) is 5. The highest BCUT2D eigenvalue weighted by Crippen LogP contribution is 2.36. The van der Waals surface area contributed by atoms with E-state index in [2.05, 4.69) is 4.99 Å². The van der Waals surface area contributed by atoms with E-state index in [1.807, 2.05) is 30.3 Å². The zero-order valence-corrected chi connectivity index (χ0v) is 15.9. The van der Waals surface area contributed by atoms with Crippen molar-refractivity contribution < 1.29 is 28.5 Å². The molecule has 0 aromatic heterocycles. The minimum Gasteiger partial charge on any atom is -0.496 e. The minimum absolute atomic E-state index is 0.181. The monoisotopic (exact) mass is 383 g/mol. The number of benzene rings is 2. The molecule has 0 saturated carbocycles. The quantitative estimate of drug-likeness (QED) is 0.513. The van der Waals surface area contributed by atoms with Gasteiger partial charge in [-0.2, -0.15) is 0 Å². The van der Waals surface area contributed by atoms with Gasteiger partial charge in [-0.05, 0) is 24.3 Å². The van der Waals surface area contributed by atoms with E-state index >= 15 is 0 Å². The maximum atomic E-state index is 12.2. The van der Waals surface area contributed by atoms with Gasteiger partial charge in [0, 0.05) is 11.6 Å². The van der Waals surface area contributed by atoms with Crippen molar-refractivity contribution in [2.24, 2.45) is 4.99 Å². The van der Waals surface area contributed by atoms with Crippen molar-refractivity contribution in [1.29, 1.82) is 0 Å². The molecule has 3 rings (SSSR count). The van der Waals surface area contributed by atoms with Crippen LogP contribution < -0.4 is 18.9 Å². The molecule has 0 fully saturated rings. The smallest absolute Gasteiger partial charge is 0.363 e. The summed E-state index contributed by atoms with van der Waals surface area (Å²) in [6.45, 7) is 0.350. The number of esters is 1. The zero-order valence-electron chi connectivity index (χ0n) is 15.9. The van der Waals surface area contributed by atoms with E-state index in [1.165, 1.54) is 21.3 Å². The molecule has 2 aromatic rings. The van der Waals surface area contributed by atoms with Gasteiger partial charge in [-0.3, -0.25) is 0 Å². The zero-order chi connectivity index (χ0) is 19.9. The van der Waals surface area contributed by atoms with Gasteiger partial charge in [0.05, 0.1) is 34.4 Å². The topological polar surface area (TPSA) is 75.6 Å². The molecule has 0 saturated heterocycles. The molecule has 0 amide bonds. The second-order valence-electron chi connectivity index (χ2n) is 5.79. The SMILES string of the molecule is COc1cc(OC)c(OC)cc1/C=C1\N=C(CCOc2ccccc2)OC1=O. The first-order valence-corrected chi connectivity index (χ1v) is 8.64. The highest BCUT2D eigenvalue weighted by molar-refractivity contribution is 6.07. The van der Waals surface area contributed by atoms with Gasteiger partial charge in [0.2, 0.25) is 5.90 Å². The molecule has 7 heteroatoms. The van der Waals surface area contributed by atoms with Crippen molar-refractivity contribution in [3.05, 3.63) is 53.7 Å². The van der Waals surface area contributed by atoms with Gasteiger partial charge in [0.1, 0.15) is 11.5 Å². The third-order valence-electron chi connectivity index (χ3n) is 4.02. The number of nitrogens with zero attached hydrogens (tertiary/aromatic N) is 1. The molecule has 2 aromatic carbocycles. The van der Waals surface area contributed by atoms with Crippen LogP contribution in [0.2, 0.25) is 0 Å². The van der Waals surface area contributed by atoms with Crippen molar-refractivity contribution in [3.8, 4) is 23.0 Å². The summed E-state index contributed by atoms with van der Waals surface area (Å²) in [6, 6.07) is 12.8. The number of aliphatic imine (C=N–C) groups is 1. The molecule has 1 aliphatic heterocycles. The summed E-state index contributed by atoms with van der Waals surface area (Å²) in [7, 11) is 4.61. The summed E-state index contributed by atoms with van der Waals surface area (Å²) < 4.78 is 26.8. The Morgan fingerprint density at radius 3 is 2.32 bits per heavy atom. The molecule has 0 N–H and O–H groups in total. The first-order valence-electron chi connectivity index (χ1n) is 8.64. The van der Waals surface area contributed by atoms with Gasteiger partial charge < -0.3 is 23.7 Å². The van der Waals surface area contributed by atoms with E-state index in [9.17, 15) is 4.79 Å². The first kappa shape index (κ1) is 19.3. The molecular formula is C21H21NO6. The lowest BCUT2D eigenvalue weighted by Crippen LogP contribution is -2.08. The van der Waals surface area contributed by atoms with E-state index in [0.717, 1.165) is 5.75 Å². The number of para-hydroxylation sites is 1. The number of carbonyl (C=O) groups is 1. The van der Waals surface area contributed by atoms with Crippen LogP contribution in [0.5, 0.6) is 23.0 Å². The second-order valence-corrected chi connectivity index (χ2v) is 5.79. The van der Waals surface area contributed by atoms with E-state index in [1.54, 1.807) is 18.2 Å². The van der Waals surface area contributed by atoms with Gasteiger partial charge in [-0.1, -0.05) is 18.2 Å². The molecule has 1 aliphatic rings. The molecule has 0 bridgehead atoms. The molecule has 1 heterocycles. The summed E-state index contributed by atoms with van der Waals surface area (Å²) in [5, 5.41) is 0. The molecule has 0 atom stereocenters. The maximum Gasteiger partial charge on any atom is 0.363 e. The number of hydrogen-bond acceptors (Lipinski definition) is 7. The molecule has 28 heavy (non-hydrogen) atoms. The average Bonchev–Trinajstić information content (AvgIpc) is 3.07. The summed E-state index contributed by atoms with van der Waals surface area (Å²) in [5.41, 5.74) is 0.804. The molecule has 7 nitrogen and oxygen atoms in total. The van der Waals surface area contributed by atoms with E-state index in [4.69, 9.17) is 23.7 Å². The van der Waals surface area contributed by atoms with Gasteiger partial charge in [0.25, 0.3) is 0 Å². The molecular weight excluding hydrogens is 362 g/mol. The van der Waals surface area contributed by atoms with Crippen LogP contribution in [0.3, 0.4) is 0 Å². The predicted molar refractivity (Wildman–Crippen MR) is 104 cm³/mol. The van der Waals surface area contributed by atoms with Crippen LogP contribution in [0.4, 0.5) is 0 Å². The van der Waals surface area contributed by atoms with Crippen molar-refractivity contribution >= 4 is 17.9 Å². The second kappa shape index (κ2) is 8.94. The van der Waals surface area contributed by atoms with Gasteiger partial charge in [-0.15, -0.1) is 0 Å². The number of hydrogen-bond donors (Lipinski definition) is 0. The van der Waals surface area contributed by atoms with Gasteiger partial charge >= 0.3 is 5.97 Å². The summed E-state index contributed by atoms with van der Waals surface area (Å²) in [5.74, 6) is 2.10. The van der Waals surface area contributed by atoms with Crippen molar-refractivity contribution in [2.75, 3.05) is 27.9 Å². The lowest BCUT2D eigenvalue weighted by atomic mass is 10.1. The Morgan fingerprint density at radius 1 is 0.964 bits per heavy atom. The van der Waals surface area contributed by atoms with Crippen LogP contribution in [0.1, 0.15) is 12.0 Å². The molecule has 0 unspecified atom stereocenters. The fourth-order valence-corrected chi connectivity index (χ4v) is 2.65. The van der Waals surface area contributed by atoms with Crippen LogP contribution in [-0.4, -0.2) is 39.8 Å². The molecule has 0 aliphatic carbocycles. The van der Waals surface area contributed by atoms with Crippen LogP contribution in [0, 0.1) is 0 Å². The first-order chi connectivity index (χ1) is 13.6. The summed E-state index contributed by atoms with van der Waals surface area (Å²) in [4.78, 5) is 16.4. The molecule has 146 valence electrons. The molecule has 0 radical (unpaired) electrons. The van der Waals surface area contributed by atoms with Crippen LogP contribution in [-0.2, 0) is 9.53 Å². The van der Waals surface area contributed by atoms with Crippen LogP contribution in [0.25, 0.3) is 6.08 Å². The predicted octanol–water partition coefficient (Wildman–Crippen LogP) is 3.48. The normalized spacial score (nSPS) is 14.5. The Bertz CT molecular complexity index is 905. The van der Waals surface area contributed by atoms with Crippen molar-refractivity contribution in [2.45, 2.75) is 6.42 Å². The Labute approximate surface area is 163 Å². The third-order valence-corrected chi connectivity index (χ3v) is 4.02. The number of methoxy groups -OCH3 is 3. The Morgan fingerprint density at radius 2 is 1.64 bits per heavy atom. The third kappa shape index (κ3) is 4.43. The Kier molecular flexibility index (Phi) is 6.16. The number of rotatable bonds is 8. The van der Waals surface area contributed by atoms with Gasteiger partial charge in [-0.25, -0.2) is 9.79 Å². The maximum absolute atomic E-state index is 12.2. The standard InChI is InChI=1S/C21H21NO6/c1-24-17-13-19(26-3)18(25-2)12-14(17)11-16-21(23)28-20(22-16)9-10-27-15-7-5-4-6-8-15/h4-8,11-13H,9-10H2,1-3H3/b16-11-. The summed E-state index contributed by atoms with van der Waals surface area (Å²) in [6.07, 6.45) is 1.97. The lowest BCUT2D eigenvalue weighted by molar-refractivity contribution is -0.130. The highest BCUT2D eigenvalue weighted by Gasteiger charge is 2.23. The number of cyclic esters (lactones) is 1. The minimum atomic E-state index is -0.522.